The first-order chi connectivity index (χ1) is 8.27. The molecule has 0 aliphatic carbocycles. The fraction of sp³-hybridized carbons (Fsp3) is 0.818. The van der Waals surface area contributed by atoms with Gasteiger partial charge in [0.25, 0.3) is 0 Å². The van der Waals surface area contributed by atoms with Gasteiger partial charge in [0.2, 0.25) is 11.8 Å². The van der Waals surface area contributed by atoms with Crippen LogP contribution in [-0.4, -0.2) is 55.3 Å². The molecule has 0 aromatic heterocycles. The van der Waals surface area contributed by atoms with Gasteiger partial charge in [0.05, 0.1) is 17.5 Å². The average molecular weight is 276 g/mol. The zero-order valence-electron chi connectivity index (χ0n) is 11.0. The molecule has 7 heteroatoms. The molecule has 0 bridgehead atoms. The van der Waals surface area contributed by atoms with Crippen LogP contribution < -0.4 is 5.32 Å². The van der Waals surface area contributed by atoms with Crippen LogP contribution in [0, 0.1) is 0 Å². The molecule has 104 valence electrons. The highest BCUT2D eigenvalue weighted by Crippen LogP contribution is 2.08. The van der Waals surface area contributed by atoms with Crippen molar-refractivity contribution < 1.29 is 18.0 Å². The molecule has 1 unspecified atom stereocenters. The van der Waals surface area contributed by atoms with Gasteiger partial charge in [-0.3, -0.25) is 9.59 Å². The summed E-state index contributed by atoms with van der Waals surface area (Å²) in [6.07, 6.45) is 0.512. The van der Waals surface area contributed by atoms with Crippen LogP contribution in [0.3, 0.4) is 0 Å². The molecule has 1 saturated heterocycles. The molecule has 2 amide bonds. The fourth-order valence-electron chi connectivity index (χ4n) is 1.71. The van der Waals surface area contributed by atoms with Crippen molar-refractivity contribution in [3.05, 3.63) is 0 Å². The summed E-state index contributed by atoms with van der Waals surface area (Å²) in [7, 11) is -3.19. The molecule has 0 spiro atoms. The Hall–Kier alpha value is -1.11. The average Bonchev–Trinajstić information content (AvgIpc) is 2.29. The Morgan fingerprint density at radius 3 is 2.50 bits per heavy atom. The summed E-state index contributed by atoms with van der Waals surface area (Å²) in [4.78, 5) is 24.6. The Bertz CT molecular complexity index is 430. The van der Waals surface area contributed by atoms with E-state index in [1.807, 2.05) is 0 Å². The smallest absolute Gasteiger partial charge is 0.245 e. The predicted octanol–water partition coefficient (Wildman–Crippen LogP) is -0.453. The molecule has 1 atom stereocenters. The molecule has 0 saturated carbocycles. The third-order valence-corrected chi connectivity index (χ3v) is 5.24. The molecule has 1 aliphatic heterocycles. The number of rotatable bonds is 5. The zero-order valence-corrected chi connectivity index (χ0v) is 11.8. The zero-order chi connectivity index (χ0) is 13.9. The molecule has 1 fully saturated rings. The van der Waals surface area contributed by atoms with Gasteiger partial charge >= 0.3 is 0 Å². The van der Waals surface area contributed by atoms with Crippen molar-refractivity contribution in [1.29, 1.82) is 0 Å². The summed E-state index contributed by atoms with van der Waals surface area (Å²) in [6, 6.07) is -0.520. The van der Waals surface area contributed by atoms with Crippen LogP contribution in [0.2, 0.25) is 0 Å². The number of nitrogens with one attached hydrogen (secondary N) is 1. The second-order valence-electron chi connectivity index (χ2n) is 4.70. The van der Waals surface area contributed by atoms with Gasteiger partial charge in [-0.25, -0.2) is 8.42 Å². The van der Waals surface area contributed by atoms with Crippen LogP contribution >= 0.6 is 0 Å². The third kappa shape index (κ3) is 3.44. The molecule has 18 heavy (non-hydrogen) atoms. The van der Waals surface area contributed by atoms with Gasteiger partial charge in [0.15, 0.2) is 9.84 Å². The summed E-state index contributed by atoms with van der Waals surface area (Å²) in [5.74, 6) is -0.528. The van der Waals surface area contributed by atoms with Crippen LogP contribution in [0.15, 0.2) is 0 Å². The fourth-order valence-corrected chi connectivity index (χ4v) is 2.66. The minimum atomic E-state index is -3.19. The largest absolute Gasteiger partial charge is 0.343 e. The molecule has 0 aromatic rings. The highest BCUT2D eigenvalue weighted by Gasteiger charge is 2.32. The van der Waals surface area contributed by atoms with Gasteiger partial charge in [-0.05, 0) is 20.3 Å². The summed E-state index contributed by atoms with van der Waals surface area (Å²) >= 11 is 0. The number of hydrogen-bond acceptors (Lipinski definition) is 4. The Kier molecular flexibility index (Phi) is 4.72. The van der Waals surface area contributed by atoms with E-state index >= 15 is 0 Å². The van der Waals surface area contributed by atoms with E-state index in [-0.39, 0.29) is 30.7 Å². The monoisotopic (exact) mass is 276 g/mol. The van der Waals surface area contributed by atoms with E-state index in [4.69, 9.17) is 0 Å². The number of amides is 2. The first kappa shape index (κ1) is 14.9. The number of carbonyl (C=O) groups excluding carboxylic acids is 2. The molecular weight excluding hydrogens is 256 g/mol. The lowest BCUT2D eigenvalue weighted by Gasteiger charge is -2.32. The van der Waals surface area contributed by atoms with Gasteiger partial charge in [-0.15, -0.1) is 0 Å². The maximum Gasteiger partial charge on any atom is 0.245 e. The first-order valence-electron chi connectivity index (χ1n) is 6.07. The Morgan fingerprint density at radius 2 is 2.00 bits per heavy atom. The summed E-state index contributed by atoms with van der Waals surface area (Å²) in [6.45, 7) is 5.05. The van der Waals surface area contributed by atoms with Crippen molar-refractivity contribution >= 4 is 21.7 Å². The molecule has 1 N–H and O–H groups in total. The second kappa shape index (κ2) is 5.69. The highest BCUT2D eigenvalue weighted by molar-refractivity contribution is 7.92. The van der Waals surface area contributed by atoms with Gasteiger partial charge in [0, 0.05) is 6.54 Å². The van der Waals surface area contributed by atoms with Crippen molar-refractivity contribution in [3.8, 4) is 0 Å². The molecule has 0 aromatic carbocycles. The van der Waals surface area contributed by atoms with Crippen LogP contribution in [0.5, 0.6) is 0 Å². The van der Waals surface area contributed by atoms with E-state index in [1.54, 1.807) is 20.8 Å². The van der Waals surface area contributed by atoms with Crippen LogP contribution in [-0.2, 0) is 19.4 Å². The van der Waals surface area contributed by atoms with E-state index in [9.17, 15) is 18.0 Å². The van der Waals surface area contributed by atoms with Crippen LogP contribution in [0.4, 0.5) is 0 Å². The van der Waals surface area contributed by atoms with E-state index in [0.717, 1.165) is 0 Å². The van der Waals surface area contributed by atoms with E-state index in [1.165, 1.54) is 4.90 Å². The van der Waals surface area contributed by atoms with Gasteiger partial charge in [0.1, 0.15) is 6.04 Å². The SMILES string of the molecule is CCC1NC(=O)CN(CCS(=O)(=O)C(C)C)C1=O. The quantitative estimate of drug-likeness (QED) is 0.737. The highest BCUT2D eigenvalue weighted by atomic mass is 32.2. The molecule has 6 nitrogen and oxygen atoms in total. The Labute approximate surface area is 108 Å². The topological polar surface area (TPSA) is 83.6 Å². The number of hydrogen-bond donors (Lipinski definition) is 1. The molecule has 1 heterocycles. The summed E-state index contributed by atoms with van der Waals surface area (Å²) in [5, 5.41) is 2.12. The van der Waals surface area contributed by atoms with E-state index in [0.29, 0.717) is 6.42 Å². The lowest BCUT2D eigenvalue weighted by Crippen LogP contribution is -2.58. The first-order valence-corrected chi connectivity index (χ1v) is 7.79. The standard InChI is InChI=1S/C11H20N2O4S/c1-4-9-11(15)13(7-10(14)12-9)5-6-18(16,17)8(2)3/h8-9H,4-7H2,1-3H3,(H,12,14). The summed E-state index contributed by atoms with van der Waals surface area (Å²) < 4.78 is 23.3. The van der Waals surface area contributed by atoms with E-state index in [2.05, 4.69) is 5.32 Å². The molecule has 0 radical (unpaired) electrons. The molecule has 1 aliphatic rings. The predicted molar refractivity (Wildman–Crippen MR) is 67.7 cm³/mol. The van der Waals surface area contributed by atoms with Gasteiger partial charge in [-0.2, -0.15) is 0 Å². The number of carbonyl (C=O) groups is 2. The van der Waals surface area contributed by atoms with Crippen LogP contribution in [0.1, 0.15) is 27.2 Å². The Balaban J connectivity index is 2.66. The summed E-state index contributed by atoms with van der Waals surface area (Å²) in [5.41, 5.74) is 0. The lowest BCUT2D eigenvalue weighted by molar-refractivity contribution is -0.144. The van der Waals surface area contributed by atoms with Gasteiger partial charge < -0.3 is 10.2 Å². The minimum Gasteiger partial charge on any atom is -0.343 e. The molecule has 1 rings (SSSR count). The number of nitrogens with zero attached hydrogens (tertiary/aromatic N) is 1. The third-order valence-electron chi connectivity index (χ3n) is 3.05. The van der Waals surface area contributed by atoms with Crippen molar-refractivity contribution in [3.63, 3.8) is 0 Å². The van der Waals surface area contributed by atoms with E-state index < -0.39 is 21.1 Å². The lowest BCUT2D eigenvalue weighted by atomic mass is 10.1. The number of sulfone groups is 1. The van der Waals surface area contributed by atoms with Crippen molar-refractivity contribution in [2.75, 3.05) is 18.8 Å². The van der Waals surface area contributed by atoms with Crippen molar-refractivity contribution in [2.45, 2.75) is 38.5 Å². The second-order valence-corrected chi connectivity index (χ2v) is 7.38. The minimum absolute atomic E-state index is 0.0526. The number of piperazine rings is 1. The maximum atomic E-state index is 11.9. The normalized spacial score (nSPS) is 21.3. The van der Waals surface area contributed by atoms with Crippen LogP contribution in [0.25, 0.3) is 0 Å². The van der Waals surface area contributed by atoms with Crippen molar-refractivity contribution in [2.24, 2.45) is 0 Å². The Morgan fingerprint density at radius 1 is 1.39 bits per heavy atom. The van der Waals surface area contributed by atoms with Crippen molar-refractivity contribution in [1.82, 2.24) is 10.2 Å². The maximum absolute atomic E-state index is 11.9. The molecular formula is C11H20N2O4S. The van der Waals surface area contributed by atoms with Gasteiger partial charge in [-0.1, -0.05) is 6.92 Å².